The van der Waals surface area contributed by atoms with Gasteiger partial charge in [0, 0.05) is 15.2 Å². The molecule has 2 atom stereocenters. The third kappa shape index (κ3) is 3.24. The summed E-state index contributed by atoms with van der Waals surface area (Å²) in [6.07, 6.45) is 1.11. The first kappa shape index (κ1) is 16.2. The Labute approximate surface area is 160 Å². The molecule has 0 saturated carbocycles. The van der Waals surface area contributed by atoms with Gasteiger partial charge in [-0.25, -0.2) is 0 Å². The van der Waals surface area contributed by atoms with Crippen LogP contribution in [0.1, 0.15) is 23.6 Å². The second-order valence-electron chi connectivity index (χ2n) is 6.01. The van der Waals surface area contributed by atoms with Crippen molar-refractivity contribution >= 4 is 50.2 Å². The molecule has 1 aliphatic rings. The molecule has 0 fully saturated rings. The van der Waals surface area contributed by atoms with Gasteiger partial charge in [0.15, 0.2) is 0 Å². The lowest BCUT2D eigenvalue weighted by Gasteiger charge is -2.27. The van der Waals surface area contributed by atoms with E-state index in [4.69, 9.17) is 4.99 Å². The Hall–Kier alpha value is -1.33. The van der Waals surface area contributed by atoms with Crippen LogP contribution in [0, 0.1) is 0 Å². The highest BCUT2D eigenvalue weighted by Crippen LogP contribution is 2.39. The quantitative estimate of drug-likeness (QED) is 0.344. The van der Waals surface area contributed by atoms with E-state index in [9.17, 15) is 0 Å². The number of aliphatic imine (C=N–C) groups is 1. The van der Waals surface area contributed by atoms with E-state index in [2.05, 4.69) is 95.4 Å². The minimum absolute atomic E-state index is 0.243. The summed E-state index contributed by atoms with van der Waals surface area (Å²) in [5, 5.41) is 4.43. The number of halogens is 1. The maximum absolute atomic E-state index is 5.15. The maximum Gasteiger partial charge on any atom is 0.0987 e. The number of nitrogens with zero attached hydrogens (tertiary/aromatic N) is 1. The predicted molar refractivity (Wildman–Crippen MR) is 115 cm³/mol. The highest BCUT2D eigenvalue weighted by molar-refractivity contribution is 14.1. The van der Waals surface area contributed by atoms with Gasteiger partial charge in [0.05, 0.1) is 11.1 Å². The highest BCUT2D eigenvalue weighted by Gasteiger charge is 2.26. The molecule has 3 aromatic rings. The van der Waals surface area contributed by atoms with E-state index < -0.39 is 0 Å². The van der Waals surface area contributed by atoms with Crippen molar-refractivity contribution in [2.75, 3.05) is 4.43 Å². The van der Waals surface area contributed by atoms with Gasteiger partial charge in [-0.15, -0.1) is 11.8 Å². The van der Waals surface area contributed by atoms with Crippen LogP contribution < -0.4 is 0 Å². The number of benzene rings is 3. The van der Waals surface area contributed by atoms with Crippen molar-refractivity contribution in [2.24, 2.45) is 4.99 Å². The molecule has 120 valence electrons. The first-order chi connectivity index (χ1) is 11.8. The van der Waals surface area contributed by atoms with Gasteiger partial charge in [-0.2, -0.15) is 0 Å². The first-order valence-corrected chi connectivity index (χ1v) is 10.6. The van der Waals surface area contributed by atoms with Gasteiger partial charge in [-0.1, -0.05) is 95.4 Å². The molecule has 4 rings (SSSR count). The van der Waals surface area contributed by atoms with E-state index >= 15 is 0 Å². The Balaban J connectivity index is 1.80. The summed E-state index contributed by atoms with van der Waals surface area (Å²) in [5.41, 5.74) is 2.60. The largest absolute Gasteiger partial charge is 0.270 e. The lowest BCUT2D eigenvalue weighted by atomic mass is 9.96. The molecule has 0 aromatic heterocycles. The molecule has 0 aliphatic carbocycles. The van der Waals surface area contributed by atoms with Crippen molar-refractivity contribution in [1.29, 1.82) is 0 Å². The lowest BCUT2D eigenvalue weighted by Crippen LogP contribution is -2.19. The smallest absolute Gasteiger partial charge is 0.0987 e. The molecule has 3 heteroatoms. The first-order valence-electron chi connectivity index (χ1n) is 8.18. The summed E-state index contributed by atoms with van der Waals surface area (Å²) >= 11 is 4.44. The Morgan fingerprint density at radius 3 is 2.50 bits per heavy atom. The molecule has 1 heterocycles. The fourth-order valence-electron chi connectivity index (χ4n) is 3.24. The molecule has 24 heavy (non-hydrogen) atoms. The number of rotatable bonds is 3. The van der Waals surface area contributed by atoms with Gasteiger partial charge >= 0.3 is 0 Å². The van der Waals surface area contributed by atoms with Gasteiger partial charge in [-0.3, -0.25) is 4.99 Å². The molecular weight excluding hydrogens is 425 g/mol. The Bertz CT molecular complexity index is 870. The summed E-state index contributed by atoms with van der Waals surface area (Å²) in [5.74, 6) is 0. The van der Waals surface area contributed by atoms with Crippen molar-refractivity contribution in [3.8, 4) is 0 Å². The van der Waals surface area contributed by atoms with Gasteiger partial charge in [0.1, 0.15) is 0 Å². The highest BCUT2D eigenvalue weighted by atomic mass is 127. The van der Waals surface area contributed by atoms with Gasteiger partial charge in [-0.05, 0) is 22.8 Å². The summed E-state index contributed by atoms with van der Waals surface area (Å²) in [7, 11) is 0. The normalized spacial score (nSPS) is 20.8. The van der Waals surface area contributed by atoms with Gasteiger partial charge in [0.2, 0.25) is 0 Å². The van der Waals surface area contributed by atoms with Crippen LogP contribution in [0.3, 0.4) is 0 Å². The fourth-order valence-corrected chi connectivity index (χ4v) is 5.25. The Morgan fingerprint density at radius 1 is 0.917 bits per heavy atom. The molecule has 1 nitrogen and oxygen atoms in total. The maximum atomic E-state index is 5.15. The van der Waals surface area contributed by atoms with E-state index in [1.165, 1.54) is 26.9 Å². The van der Waals surface area contributed by atoms with Crippen molar-refractivity contribution < 1.29 is 0 Å². The number of thioether (sulfide) groups is 1. The number of hydrogen-bond donors (Lipinski definition) is 0. The molecule has 0 N–H and O–H groups in total. The molecule has 3 aromatic carbocycles. The number of alkyl halides is 1. The molecule has 0 bridgehead atoms. The van der Waals surface area contributed by atoms with Gasteiger partial charge < -0.3 is 0 Å². The van der Waals surface area contributed by atoms with Gasteiger partial charge in [0.25, 0.3) is 0 Å². The lowest BCUT2D eigenvalue weighted by molar-refractivity contribution is 0.658. The SMILES string of the molecule is ICC1CC(c2cccc3ccccc23)N=C(c2ccccc2)S1. The Morgan fingerprint density at radius 2 is 1.67 bits per heavy atom. The van der Waals surface area contributed by atoms with E-state index in [1.807, 2.05) is 11.8 Å². The summed E-state index contributed by atoms with van der Waals surface area (Å²) < 4.78 is 1.15. The molecule has 0 radical (unpaired) electrons. The van der Waals surface area contributed by atoms with Crippen LogP contribution in [0.4, 0.5) is 0 Å². The molecule has 1 aliphatic heterocycles. The average Bonchev–Trinajstić information content (AvgIpc) is 2.68. The molecular formula is C21H18INS. The van der Waals surface area contributed by atoms with Crippen LogP contribution in [0.15, 0.2) is 77.8 Å². The van der Waals surface area contributed by atoms with E-state index in [1.54, 1.807) is 0 Å². The van der Waals surface area contributed by atoms with Crippen molar-refractivity contribution in [1.82, 2.24) is 0 Å². The van der Waals surface area contributed by atoms with Crippen LogP contribution in [-0.2, 0) is 0 Å². The summed E-state index contributed by atoms with van der Waals surface area (Å²) in [6.45, 7) is 0. The molecule has 0 saturated heterocycles. The third-order valence-corrected chi connectivity index (χ3v) is 7.33. The molecule has 0 amide bonds. The minimum Gasteiger partial charge on any atom is -0.270 e. The van der Waals surface area contributed by atoms with Crippen molar-refractivity contribution in [3.63, 3.8) is 0 Å². The number of hydrogen-bond acceptors (Lipinski definition) is 2. The average molecular weight is 443 g/mol. The van der Waals surface area contributed by atoms with Crippen LogP contribution in [-0.4, -0.2) is 14.7 Å². The minimum atomic E-state index is 0.243. The standard InChI is InChI=1S/C21H18INS/c22-14-17-13-20(23-21(24-17)16-8-2-1-3-9-16)19-12-6-10-15-7-4-5-11-18(15)19/h1-12,17,20H,13-14H2. The summed E-state index contributed by atoms with van der Waals surface area (Å²) in [6, 6.07) is 26.1. The third-order valence-electron chi connectivity index (χ3n) is 4.41. The molecule has 0 spiro atoms. The zero-order valence-electron chi connectivity index (χ0n) is 13.2. The fraction of sp³-hybridized carbons (Fsp3) is 0.190. The van der Waals surface area contributed by atoms with Crippen LogP contribution in [0.25, 0.3) is 10.8 Å². The van der Waals surface area contributed by atoms with Crippen LogP contribution in [0.2, 0.25) is 0 Å². The van der Waals surface area contributed by atoms with E-state index in [0.29, 0.717) is 5.25 Å². The van der Waals surface area contributed by atoms with E-state index in [-0.39, 0.29) is 6.04 Å². The van der Waals surface area contributed by atoms with Crippen LogP contribution in [0.5, 0.6) is 0 Å². The van der Waals surface area contributed by atoms with E-state index in [0.717, 1.165) is 10.8 Å². The second-order valence-corrected chi connectivity index (χ2v) is 8.18. The molecule has 2 unspecified atom stereocenters. The monoisotopic (exact) mass is 443 g/mol. The predicted octanol–water partition coefficient (Wildman–Crippen LogP) is 6.27. The zero-order chi connectivity index (χ0) is 16.4. The second kappa shape index (κ2) is 7.28. The Kier molecular flexibility index (Phi) is 4.90. The van der Waals surface area contributed by atoms with Crippen molar-refractivity contribution in [3.05, 3.63) is 83.9 Å². The van der Waals surface area contributed by atoms with Crippen molar-refractivity contribution in [2.45, 2.75) is 17.7 Å². The zero-order valence-corrected chi connectivity index (χ0v) is 16.2. The topological polar surface area (TPSA) is 12.4 Å². The van der Waals surface area contributed by atoms with Crippen LogP contribution >= 0.6 is 34.4 Å². The summed E-state index contributed by atoms with van der Waals surface area (Å²) in [4.78, 5) is 5.15. The number of fused-ring (bicyclic) bond motifs is 1.